The van der Waals surface area contributed by atoms with Crippen molar-refractivity contribution in [3.8, 4) is 17.3 Å². The van der Waals surface area contributed by atoms with E-state index in [4.69, 9.17) is 0 Å². The first-order chi connectivity index (χ1) is 16.7. The van der Waals surface area contributed by atoms with Crippen molar-refractivity contribution in [2.45, 2.75) is 19.4 Å². The molecule has 2 fully saturated rings. The Hall–Kier alpha value is -3.68. The van der Waals surface area contributed by atoms with Crippen LogP contribution in [0.4, 0.5) is 22.2 Å². The molecule has 2 aliphatic rings. The Balaban J connectivity index is 0.00000180. The molecule has 0 bridgehead atoms. The van der Waals surface area contributed by atoms with Crippen LogP contribution in [0.3, 0.4) is 0 Å². The summed E-state index contributed by atoms with van der Waals surface area (Å²) in [7, 11) is 2.16. The quantitative estimate of drug-likeness (QED) is 0.573. The van der Waals surface area contributed by atoms with Crippen LogP contribution >= 0.6 is 0 Å². The number of rotatable bonds is 6. The molecule has 0 aromatic carbocycles. The number of aromatic nitrogens is 4. The molecule has 0 saturated carbocycles. The number of halogens is 1. The lowest BCUT2D eigenvalue weighted by molar-refractivity contribution is 0.147. The minimum absolute atomic E-state index is 0. The van der Waals surface area contributed by atoms with Crippen LogP contribution in [0, 0.1) is 11.3 Å². The van der Waals surface area contributed by atoms with Gasteiger partial charge in [0.2, 0.25) is 5.95 Å². The fourth-order valence-corrected chi connectivity index (χ4v) is 4.40. The number of hydrogen-bond acceptors (Lipinski definition) is 9. The average molecular weight is 478 g/mol. The molecule has 3 aromatic heterocycles. The molecule has 184 valence electrons. The van der Waals surface area contributed by atoms with E-state index in [1.54, 1.807) is 12.4 Å². The van der Waals surface area contributed by atoms with Crippen molar-refractivity contribution >= 4 is 17.5 Å². The Bertz CT molecular complexity index is 1170. The zero-order valence-corrected chi connectivity index (χ0v) is 19.9. The van der Waals surface area contributed by atoms with Gasteiger partial charge in [-0.25, -0.2) is 15.0 Å². The number of piperazine rings is 1. The summed E-state index contributed by atoms with van der Waals surface area (Å²) >= 11 is 0. The van der Waals surface area contributed by atoms with E-state index < -0.39 is 0 Å². The third-order valence-corrected chi connectivity index (χ3v) is 6.41. The largest absolute Gasteiger partial charge is 0.356 e. The summed E-state index contributed by atoms with van der Waals surface area (Å²) in [5.74, 6) is 1.24. The molecule has 2 aliphatic heterocycles. The second kappa shape index (κ2) is 11.2. The van der Waals surface area contributed by atoms with Crippen LogP contribution in [0.15, 0.2) is 42.9 Å². The summed E-state index contributed by atoms with van der Waals surface area (Å²) in [5.41, 5.74) is 3.98. The van der Waals surface area contributed by atoms with Gasteiger partial charge < -0.3 is 15.1 Å². The lowest BCUT2D eigenvalue weighted by Gasteiger charge is -2.32. The number of nitriles is 1. The Morgan fingerprint density at radius 1 is 1.00 bits per heavy atom. The summed E-state index contributed by atoms with van der Waals surface area (Å²) in [5, 5.41) is 12.9. The fraction of sp³-hybridized carbons (Fsp3) is 0.400. The van der Waals surface area contributed by atoms with E-state index >= 15 is 0 Å². The summed E-state index contributed by atoms with van der Waals surface area (Å²) in [4.78, 5) is 25.2. The topological polar surface area (TPSA) is 97.1 Å². The molecule has 5 rings (SSSR count). The van der Waals surface area contributed by atoms with E-state index in [2.05, 4.69) is 53.1 Å². The van der Waals surface area contributed by atoms with Gasteiger partial charge in [0.1, 0.15) is 11.9 Å². The van der Waals surface area contributed by atoms with Crippen LogP contribution in [-0.4, -0.2) is 76.1 Å². The van der Waals surface area contributed by atoms with E-state index in [1.165, 1.54) is 0 Å². The van der Waals surface area contributed by atoms with Crippen molar-refractivity contribution in [2.75, 3.05) is 56.5 Å². The summed E-state index contributed by atoms with van der Waals surface area (Å²) in [6, 6.07) is 10.0. The molecule has 0 spiro atoms. The highest BCUT2D eigenvalue weighted by Gasteiger charge is 2.18. The predicted octanol–water partition coefficient (Wildman–Crippen LogP) is 3.29. The van der Waals surface area contributed by atoms with Gasteiger partial charge in [-0.15, -0.1) is 0 Å². The average Bonchev–Trinajstić information content (AvgIpc) is 3.41. The van der Waals surface area contributed by atoms with Gasteiger partial charge in [0.15, 0.2) is 0 Å². The number of likely N-dealkylation sites (N-methyl/N-ethyl adjacent to an activating group) is 1. The SMILES string of the molecule is CN1CCN(Cc2ccc(Nc3nccc(-c4cnc(N5CCCC5)c(C#N)c4)n3)cn2)CC1.F.[HH]. The van der Waals surface area contributed by atoms with Crippen LogP contribution in [-0.2, 0) is 6.54 Å². The van der Waals surface area contributed by atoms with Gasteiger partial charge in [-0.1, -0.05) is 0 Å². The minimum Gasteiger partial charge on any atom is -0.356 e. The van der Waals surface area contributed by atoms with Gasteiger partial charge in [-0.05, 0) is 44.2 Å². The Morgan fingerprint density at radius 2 is 1.80 bits per heavy atom. The van der Waals surface area contributed by atoms with Crippen molar-refractivity contribution in [3.05, 3.63) is 54.1 Å². The summed E-state index contributed by atoms with van der Waals surface area (Å²) in [6.07, 6.45) is 7.60. The molecule has 2 saturated heterocycles. The molecule has 3 aromatic rings. The Labute approximate surface area is 206 Å². The molecule has 1 N–H and O–H groups in total. The second-order valence-electron chi connectivity index (χ2n) is 8.91. The van der Waals surface area contributed by atoms with Crippen LogP contribution in [0.5, 0.6) is 0 Å². The van der Waals surface area contributed by atoms with E-state index in [0.29, 0.717) is 17.2 Å². The van der Waals surface area contributed by atoms with Gasteiger partial charge in [-0.3, -0.25) is 14.6 Å². The number of anilines is 3. The van der Waals surface area contributed by atoms with Crippen LogP contribution in [0.25, 0.3) is 11.3 Å². The molecule has 0 atom stereocenters. The number of nitrogens with one attached hydrogen (secondary N) is 1. The first-order valence-electron chi connectivity index (χ1n) is 11.8. The third kappa shape index (κ3) is 5.88. The smallest absolute Gasteiger partial charge is 0.227 e. The van der Waals surface area contributed by atoms with Crippen molar-refractivity contribution < 1.29 is 6.13 Å². The lowest BCUT2D eigenvalue weighted by atomic mass is 10.1. The molecule has 0 amide bonds. The van der Waals surface area contributed by atoms with E-state index in [0.717, 1.165) is 81.4 Å². The van der Waals surface area contributed by atoms with Gasteiger partial charge in [0, 0.05) is 65.2 Å². The Kier molecular flexibility index (Phi) is 7.80. The highest BCUT2D eigenvalue weighted by molar-refractivity contribution is 5.67. The van der Waals surface area contributed by atoms with Crippen molar-refractivity contribution in [1.82, 2.24) is 29.7 Å². The standard InChI is InChI=1S/C25H29N9.FH.H2/c1-32-10-12-33(13-11-32)18-22-5-4-21(17-28-22)30-25-27-7-6-23(31-25)20-14-19(15-26)24(29-16-20)34-8-2-3-9-34;;/h4-7,14,16-17H,2-3,8-13,18H2,1H3,(H,27,30,31);2*1H. The molecule has 0 radical (unpaired) electrons. The molecule has 0 unspecified atom stereocenters. The van der Waals surface area contributed by atoms with Crippen LogP contribution < -0.4 is 10.2 Å². The monoisotopic (exact) mass is 477 g/mol. The predicted molar refractivity (Wildman–Crippen MR) is 136 cm³/mol. The molecule has 10 heteroatoms. The maximum absolute atomic E-state index is 9.66. The number of pyridine rings is 2. The zero-order valence-electron chi connectivity index (χ0n) is 19.9. The summed E-state index contributed by atoms with van der Waals surface area (Å²) in [6.45, 7) is 7.09. The molecular formula is C25H32FN9. The van der Waals surface area contributed by atoms with E-state index in [9.17, 15) is 5.26 Å². The van der Waals surface area contributed by atoms with Gasteiger partial charge >= 0.3 is 0 Å². The minimum atomic E-state index is 0. The fourth-order valence-electron chi connectivity index (χ4n) is 4.40. The normalized spacial score (nSPS) is 16.5. The Morgan fingerprint density at radius 3 is 2.51 bits per heavy atom. The molecule has 35 heavy (non-hydrogen) atoms. The van der Waals surface area contributed by atoms with Crippen molar-refractivity contribution in [2.24, 2.45) is 0 Å². The first kappa shape index (κ1) is 24.4. The maximum atomic E-state index is 9.66. The highest BCUT2D eigenvalue weighted by Crippen LogP contribution is 2.26. The van der Waals surface area contributed by atoms with Gasteiger partial charge in [0.05, 0.1) is 28.8 Å². The van der Waals surface area contributed by atoms with Crippen molar-refractivity contribution in [3.63, 3.8) is 0 Å². The second-order valence-corrected chi connectivity index (χ2v) is 8.91. The third-order valence-electron chi connectivity index (χ3n) is 6.41. The van der Waals surface area contributed by atoms with Gasteiger partial charge in [0.25, 0.3) is 0 Å². The first-order valence-corrected chi connectivity index (χ1v) is 11.8. The van der Waals surface area contributed by atoms with Crippen molar-refractivity contribution in [1.29, 1.82) is 5.26 Å². The van der Waals surface area contributed by atoms with Crippen LogP contribution in [0.1, 0.15) is 25.5 Å². The number of nitrogens with zero attached hydrogens (tertiary/aromatic N) is 8. The lowest BCUT2D eigenvalue weighted by Crippen LogP contribution is -2.43. The molecular weight excluding hydrogens is 445 g/mol. The maximum Gasteiger partial charge on any atom is 0.227 e. The molecule has 0 aliphatic carbocycles. The number of hydrogen-bond donors (Lipinski definition) is 1. The molecule has 9 nitrogen and oxygen atoms in total. The molecule has 5 heterocycles. The summed E-state index contributed by atoms with van der Waals surface area (Å²) < 4.78 is 0. The zero-order chi connectivity index (χ0) is 23.3. The van der Waals surface area contributed by atoms with Crippen LogP contribution in [0.2, 0.25) is 0 Å². The van der Waals surface area contributed by atoms with E-state index in [-0.39, 0.29) is 6.13 Å². The van der Waals surface area contributed by atoms with Gasteiger partial charge in [-0.2, -0.15) is 5.26 Å². The van der Waals surface area contributed by atoms with E-state index in [1.807, 2.05) is 30.5 Å². The highest BCUT2D eigenvalue weighted by atomic mass is 19.0.